The first-order valence-electron chi connectivity index (χ1n) is 5.83. The molecule has 0 saturated carbocycles. The Hall–Kier alpha value is -1.91. The zero-order valence-corrected chi connectivity index (χ0v) is 11.6. The predicted octanol–water partition coefficient (Wildman–Crippen LogP) is 3.12. The number of aromatic nitrogens is 1. The van der Waals surface area contributed by atoms with Crippen molar-refractivity contribution in [3.8, 4) is 0 Å². The number of hydrogen-bond acceptors (Lipinski definition) is 3. The Morgan fingerprint density at radius 1 is 1.10 bits per heavy atom. The maximum Gasteiger partial charge on any atom is 0.299 e. The SMILES string of the molecule is O=C1C(=O)N(Cc2cccc(Cl)n2)c2cc(Cl)ccc21. The number of hydrogen-bond donors (Lipinski definition) is 0. The van der Waals surface area contributed by atoms with E-state index in [1.54, 1.807) is 36.4 Å². The summed E-state index contributed by atoms with van der Waals surface area (Å²) in [6.45, 7) is 0.179. The molecule has 3 rings (SSSR count). The molecule has 2 heterocycles. The van der Waals surface area contributed by atoms with Crippen LogP contribution in [0.2, 0.25) is 10.2 Å². The fraction of sp³-hybridized carbons (Fsp3) is 0.0714. The zero-order valence-electron chi connectivity index (χ0n) is 10.1. The number of anilines is 1. The Balaban J connectivity index is 2.01. The second kappa shape index (κ2) is 4.89. The molecule has 6 heteroatoms. The minimum atomic E-state index is -0.580. The molecule has 0 spiro atoms. The van der Waals surface area contributed by atoms with Crippen molar-refractivity contribution in [3.63, 3.8) is 0 Å². The molecule has 1 aliphatic rings. The average molecular weight is 307 g/mol. The molecule has 1 aromatic carbocycles. The summed E-state index contributed by atoms with van der Waals surface area (Å²) in [6.07, 6.45) is 0. The van der Waals surface area contributed by atoms with Crippen molar-refractivity contribution in [2.45, 2.75) is 6.54 Å². The molecule has 0 saturated heterocycles. The molecular weight excluding hydrogens is 299 g/mol. The first-order chi connectivity index (χ1) is 9.56. The van der Waals surface area contributed by atoms with Crippen LogP contribution in [0.4, 0.5) is 5.69 Å². The van der Waals surface area contributed by atoms with E-state index in [0.29, 0.717) is 27.1 Å². The van der Waals surface area contributed by atoms with Gasteiger partial charge in [-0.05, 0) is 30.3 Å². The summed E-state index contributed by atoms with van der Waals surface area (Å²) in [5.74, 6) is -1.11. The van der Waals surface area contributed by atoms with Crippen LogP contribution in [-0.2, 0) is 11.3 Å². The molecular formula is C14H8Cl2N2O2. The van der Waals surface area contributed by atoms with E-state index in [-0.39, 0.29) is 6.54 Å². The van der Waals surface area contributed by atoms with Crippen molar-refractivity contribution in [3.05, 3.63) is 57.8 Å². The van der Waals surface area contributed by atoms with Gasteiger partial charge in [0, 0.05) is 5.02 Å². The molecule has 0 atom stereocenters. The minimum Gasteiger partial charge on any atom is -0.299 e. The summed E-state index contributed by atoms with van der Waals surface area (Å²) in [5.41, 5.74) is 1.47. The fourth-order valence-electron chi connectivity index (χ4n) is 2.12. The fourth-order valence-corrected chi connectivity index (χ4v) is 2.47. The third kappa shape index (κ3) is 2.17. The van der Waals surface area contributed by atoms with Crippen molar-refractivity contribution in [1.82, 2.24) is 4.98 Å². The predicted molar refractivity (Wildman–Crippen MR) is 76.2 cm³/mol. The number of amides is 1. The van der Waals surface area contributed by atoms with E-state index < -0.39 is 11.7 Å². The van der Waals surface area contributed by atoms with Crippen molar-refractivity contribution >= 4 is 40.6 Å². The number of ketones is 1. The van der Waals surface area contributed by atoms with Gasteiger partial charge in [0.1, 0.15) is 5.15 Å². The van der Waals surface area contributed by atoms with Gasteiger partial charge >= 0.3 is 0 Å². The summed E-state index contributed by atoms with van der Waals surface area (Å²) in [5, 5.41) is 0.807. The molecule has 1 amide bonds. The van der Waals surface area contributed by atoms with Gasteiger partial charge in [0.15, 0.2) is 0 Å². The smallest absolute Gasteiger partial charge is 0.299 e. The number of fused-ring (bicyclic) bond motifs is 1. The second-order valence-electron chi connectivity index (χ2n) is 4.33. The number of carbonyl (C=O) groups is 2. The molecule has 0 bridgehead atoms. The molecule has 0 unspecified atom stereocenters. The normalized spacial score (nSPS) is 13.8. The molecule has 20 heavy (non-hydrogen) atoms. The lowest BCUT2D eigenvalue weighted by Gasteiger charge is -2.16. The highest BCUT2D eigenvalue weighted by atomic mass is 35.5. The zero-order chi connectivity index (χ0) is 14.3. The highest BCUT2D eigenvalue weighted by molar-refractivity contribution is 6.52. The lowest BCUT2D eigenvalue weighted by Crippen LogP contribution is -2.29. The molecule has 4 nitrogen and oxygen atoms in total. The lowest BCUT2D eigenvalue weighted by molar-refractivity contribution is -0.114. The van der Waals surface area contributed by atoms with Gasteiger partial charge < -0.3 is 0 Å². The van der Waals surface area contributed by atoms with Gasteiger partial charge in [-0.2, -0.15) is 0 Å². The summed E-state index contributed by atoms with van der Waals surface area (Å²) in [4.78, 5) is 29.4. The minimum absolute atomic E-state index is 0.179. The van der Waals surface area contributed by atoms with Gasteiger partial charge in [-0.1, -0.05) is 29.3 Å². The van der Waals surface area contributed by atoms with Gasteiger partial charge in [0.25, 0.3) is 11.7 Å². The Morgan fingerprint density at radius 2 is 1.90 bits per heavy atom. The van der Waals surface area contributed by atoms with E-state index in [2.05, 4.69) is 4.98 Å². The largest absolute Gasteiger partial charge is 0.299 e. The first kappa shape index (κ1) is 13.1. The van der Waals surface area contributed by atoms with Gasteiger partial charge in [-0.3, -0.25) is 14.5 Å². The number of Topliss-reactive ketones (excluding diaryl/α,β-unsaturated/α-hetero) is 1. The quantitative estimate of drug-likeness (QED) is 0.633. The molecule has 0 radical (unpaired) electrons. The summed E-state index contributed by atoms with van der Waals surface area (Å²) < 4.78 is 0. The van der Waals surface area contributed by atoms with Crippen LogP contribution in [0.3, 0.4) is 0 Å². The Labute approximate surface area is 124 Å². The van der Waals surface area contributed by atoms with Crippen LogP contribution >= 0.6 is 23.2 Å². The van der Waals surface area contributed by atoms with Crippen molar-refractivity contribution in [1.29, 1.82) is 0 Å². The van der Waals surface area contributed by atoms with E-state index >= 15 is 0 Å². The number of rotatable bonds is 2. The number of carbonyl (C=O) groups excluding carboxylic acids is 2. The Bertz CT molecular complexity index is 731. The topological polar surface area (TPSA) is 50.3 Å². The lowest BCUT2D eigenvalue weighted by atomic mass is 10.1. The van der Waals surface area contributed by atoms with E-state index in [1.807, 2.05) is 0 Å². The van der Waals surface area contributed by atoms with Gasteiger partial charge in [0.2, 0.25) is 0 Å². The molecule has 1 aromatic heterocycles. The van der Waals surface area contributed by atoms with Crippen LogP contribution in [-0.4, -0.2) is 16.7 Å². The van der Waals surface area contributed by atoms with Crippen LogP contribution in [0.25, 0.3) is 0 Å². The van der Waals surface area contributed by atoms with Crippen LogP contribution in [0.1, 0.15) is 16.1 Å². The van der Waals surface area contributed by atoms with E-state index in [4.69, 9.17) is 23.2 Å². The van der Waals surface area contributed by atoms with Gasteiger partial charge in [0.05, 0.1) is 23.5 Å². The Kier molecular flexibility index (Phi) is 3.20. The molecule has 0 fully saturated rings. The standard InChI is InChI=1S/C14H8Cl2N2O2/c15-8-4-5-10-11(6-8)18(14(20)13(10)19)7-9-2-1-3-12(16)17-9/h1-6H,7H2. The van der Waals surface area contributed by atoms with Crippen molar-refractivity contribution in [2.75, 3.05) is 4.90 Å². The van der Waals surface area contributed by atoms with Crippen LogP contribution in [0, 0.1) is 0 Å². The second-order valence-corrected chi connectivity index (χ2v) is 5.16. The van der Waals surface area contributed by atoms with E-state index in [0.717, 1.165) is 0 Å². The number of benzene rings is 1. The number of halogens is 2. The Morgan fingerprint density at radius 3 is 2.65 bits per heavy atom. The molecule has 100 valence electrons. The average Bonchev–Trinajstić information content (AvgIpc) is 2.64. The third-order valence-corrected chi connectivity index (χ3v) is 3.47. The third-order valence-electron chi connectivity index (χ3n) is 3.03. The van der Waals surface area contributed by atoms with E-state index in [1.165, 1.54) is 4.90 Å². The van der Waals surface area contributed by atoms with E-state index in [9.17, 15) is 9.59 Å². The van der Waals surface area contributed by atoms with Gasteiger partial charge in [-0.25, -0.2) is 4.98 Å². The van der Waals surface area contributed by atoms with Gasteiger partial charge in [-0.15, -0.1) is 0 Å². The summed E-state index contributed by atoms with van der Waals surface area (Å²) in [7, 11) is 0. The molecule has 1 aliphatic heterocycles. The maximum atomic E-state index is 12.0. The maximum absolute atomic E-state index is 12.0. The van der Waals surface area contributed by atoms with Crippen LogP contribution in [0.15, 0.2) is 36.4 Å². The highest BCUT2D eigenvalue weighted by Crippen LogP contribution is 2.32. The van der Waals surface area contributed by atoms with Crippen LogP contribution < -0.4 is 4.90 Å². The van der Waals surface area contributed by atoms with Crippen molar-refractivity contribution in [2.24, 2.45) is 0 Å². The summed E-state index contributed by atoms with van der Waals surface area (Å²) in [6, 6.07) is 9.88. The van der Waals surface area contributed by atoms with Crippen LogP contribution in [0.5, 0.6) is 0 Å². The number of pyridine rings is 1. The highest BCUT2D eigenvalue weighted by Gasteiger charge is 2.35. The number of nitrogens with zero attached hydrogens (tertiary/aromatic N) is 2. The summed E-state index contributed by atoms with van der Waals surface area (Å²) >= 11 is 11.7. The molecule has 0 N–H and O–H groups in total. The molecule has 0 aliphatic carbocycles. The monoisotopic (exact) mass is 306 g/mol. The van der Waals surface area contributed by atoms with Crippen molar-refractivity contribution < 1.29 is 9.59 Å². The molecule has 2 aromatic rings. The first-order valence-corrected chi connectivity index (χ1v) is 6.59.